The SMILES string of the molecule is [C-]#[N+]C(C)c1cccc2cc[nH]c12. The molecule has 0 spiro atoms. The van der Waals surface area contributed by atoms with E-state index in [9.17, 15) is 0 Å². The Bertz CT molecular complexity index is 462. The van der Waals surface area contributed by atoms with Gasteiger partial charge in [-0.25, -0.2) is 6.57 Å². The highest BCUT2D eigenvalue weighted by Crippen LogP contribution is 2.24. The molecular weight excluding hydrogens is 160 g/mol. The van der Waals surface area contributed by atoms with Crippen molar-refractivity contribution in [1.82, 2.24) is 4.98 Å². The zero-order valence-corrected chi connectivity index (χ0v) is 7.41. The number of para-hydroxylation sites is 1. The Kier molecular flexibility index (Phi) is 1.79. The van der Waals surface area contributed by atoms with Crippen molar-refractivity contribution in [1.29, 1.82) is 0 Å². The second-order valence-electron chi connectivity index (χ2n) is 3.09. The van der Waals surface area contributed by atoms with Crippen LogP contribution in [0.5, 0.6) is 0 Å². The number of H-pyrrole nitrogens is 1. The van der Waals surface area contributed by atoms with Crippen molar-refractivity contribution < 1.29 is 0 Å². The van der Waals surface area contributed by atoms with Crippen molar-refractivity contribution in [2.45, 2.75) is 13.0 Å². The summed E-state index contributed by atoms with van der Waals surface area (Å²) in [6, 6.07) is 8.00. The van der Waals surface area contributed by atoms with Gasteiger partial charge in [-0.05, 0) is 17.5 Å². The predicted molar refractivity (Wildman–Crippen MR) is 53.3 cm³/mol. The molecule has 2 heteroatoms. The van der Waals surface area contributed by atoms with Crippen LogP contribution < -0.4 is 0 Å². The Morgan fingerprint density at radius 2 is 2.23 bits per heavy atom. The van der Waals surface area contributed by atoms with Crippen LogP contribution in [-0.2, 0) is 0 Å². The van der Waals surface area contributed by atoms with E-state index in [2.05, 4.69) is 9.83 Å². The first kappa shape index (κ1) is 7.88. The molecule has 2 nitrogen and oxygen atoms in total. The molecule has 0 aliphatic heterocycles. The molecule has 1 aromatic carbocycles. The van der Waals surface area contributed by atoms with E-state index in [4.69, 9.17) is 6.57 Å². The molecule has 0 saturated carbocycles. The van der Waals surface area contributed by atoms with Crippen molar-refractivity contribution in [2.24, 2.45) is 0 Å². The molecule has 0 aliphatic rings. The van der Waals surface area contributed by atoms with Gasteiger partial charge in [0.05, 0.1) is 11.1 Å². The normalized spacial score (nSPS) is 12.6. The summed E-state index contributed by atoms with van der Waals surface area (Å²) in [7, 11) is 0. The summed E-state index contributed by atoms with van der Waals surface area (Å²) < 4.78 is 0. The van der Waals surface area contributed by atoms with Crippen LogP contribution in [0, 0.1) is 6.57 Å². The number of aromatic amines is 1. The monoisotopic (exact) mass is 170 g/mol. The van der Waals surface area contributed by atoms with Gasteiger partial charge in [0.15, 0.2) is 0 Å². The fraction of sp³-hybridized carbons (Fsp3) is 0.182. The third-order valence-electron chi connectivity index (χ3n) is 2.26. The van der Waals surface area contributed by atoms with Gasteiger partial charge in [0.1, 0.15) is 0 Å². The first-order valence-electron chi connectivity index (χ1n) is 4.25. The van der Waals surface area contributed by atoms with Crippen molar-refractivity contribution >= 4 is 10.9 Å². The molecule has 64 valence electrons. The fourth-order valence-electron chi connectivity index (χ4n) is 1.53. The number of hydrogen-bond donors (Lipinski definition) is 1. The van der Waals surface area contributed by atoms with Crippen molar-refractivity contribution in [3.8, 4) is 0 Å². The van der Waals surface area contributed by atoms with Crippen LogP contribution in [-0.4, -0.2) is 4.98 Å². The van der Waals surface area contributed by atoms with E-state index in [0.29, 0.717) is 0 Å². The maximum absolute atomic E-state index is 6.99. The molecule has 0 saturated heterocycles. The summed E-state index contributed by atoms with van der Waals surface area (Å²) >= 11 is 0. The van der Waals surface area contributed by atoms with Gasteiger partial charge in [-0.1, -0.05) is 12.1 Å². The van der Waals surface area contributed by atoms with Crippen molar-refractivity contribution in [2.75, 3.05) is 0 Å². The third-order valence-corrected chi connectivity index (χ3v) is 2.26. The number of nitrogens with zero attached hydrogens (tertiary/aromatic N) is 1. The minimum absolute atomic E-state index is 0.0673. The van der Waals surface area contributed by atoms with Crippen LogP contribution in [0.15, 0.2) is 30.5 Å². The van der Waals surface area contributed by atoms with Gasteiger partial charge in [0.2, 0.25) is 6.04 Å². The summed E-state index contributed by atoms with van der Waals surface area (Å²) in [6.07, 6.45) is 1.91. The molecule has 2 rings (SSSR count). The predicted octanol–water partition coefficient (Wildman–Crippen LogP) is 3.15. The maximum Gasteiger partial charge on any atom is 0.248 e. The zero-order valence-electron chi connectivity index (χ0n) is 7.41. The second kappa shape index (κ2) is 2.95. The standard InChI is InChI=1S/C11H10N2/c1-8(12-2)10-5-3-4-9-6-7-13-11(9)10/h3-8,13H,1H3. The molecule has 0 fully saturated rings. The molecule has 1 aromatic heterocycles. The zero-order chi connectivity index (χ0) is 9.26. The number of benzene rings is 1. The topological polar surface area (TPSA) is 20.1 Å². The summed E-state index contributed by atoms with van der Waals surface area (Å²) in [5.74, 6) is 0. The van der Waals surface area contributed by atoms with Crippen LogP contribution in [0.25, 0.3) is 15.7 Å². The molecule has 1 atom stereocenters. The van der Waals surface area contributed by atoms with E-state index in [1.165, 1.54) is 5.39 Å². The average Bonchev–Trinajstić information content (AvgIpc) is 2.63. The highest BCUT2D eigenvalue weighted by atomic mass is 14.7. The third kappa shape index (κ3) is 1.19. The van der Waals surface area contributed by atoms with Crippen LogP contribution in [0.4, 0.5) is 0 Å². The summed E-state index contributed by atoms with van der Waals surface area (Å²) in [5.41, 5.74) is 2.17. The quantitative estimate of drug-likeness (QED) is 0.634. The van der Waals surface area contributed by atoms with E-state index in [1.807, 2.05) is 37.4 Å². The molecule has 2 aromatic rings. The lowest BCUT2D eigenvalue weighted by molar-refractivity contribution is 0.970. The van der Waals surface area contributed by atoms with Gasteiger partial charge in [0, 0.05) is 13.1 Å². The van der Waals surface area contributed by atoms with Crippen molar-refractivity contribution in [3.05, 3.63) is 47.4 Å². The Morgan fingerprint density at radius 1 is 1.38 bits per heavy atom. The summed E-state index contributed by atoms with van der Waals surface area (Å²) in [6.45, 7) is 8.90. The van der Waals surface area contributed by atoms with Crippen LogP contribution in [0.3, 0.4) is 0 Å². The van der Waals surface area contributed by atoms with E-state index in [1.54, 1.807) is 0 Å². The smallest absolute Gasteiger partial charge is 0.248 e. The first-order chi connectivity index (χ1) is 6.33. The summed E-state index contributed by atoms with van der Waals surface area (Å²) in [4.78, 5) is 6.68. The van der Waals surface area contributed by atoms with Gasteiger partial charge in [-0.2, -0.15) is 0 Å². The fourth-order valence-corrected chi connectivity index (χ4v) is 1.53. The van der Waals surface area contributed by atoms with Gasteiger partial charge in [0.25, 0.3) is 0 Å². The Labute approximate surface area is 77.0 Å². The molecule has 0 amide bonds. The van der Waals surface area contributed by atoms with E-state index >= 15 is 0 Å². The molecule has 0 aliphatic carbocycles. The number of hydrogen-bond acceptors (Lipinski definition) is 0. The van der Waals surface area contributed by atoms with Crippen molar-refractivity contribution in [3.63, 3.8) is 0 Å². The van der Waals surface area contributed by atoms with Crippen LogP contribution in [0.1, 0.15) is 18.5 Å². The Morgan fingerprint density at radius 3 is 3.00 bits per heavy atom. The van der Waals surface area contributed by atoms with Gasteiger partial charge in [-0.15, -0.1) is 0 Å². The Hall–Kier alpha value is -1.75. The van der Waals surface area contributed by atoms with E-state index in [0.717, 1.165) is 11.1 Å². The number of fused-ring (bicyclic) bond motifs is 1. The lowest BCUT2D eigenvalue weighted by Crippen LogP contribution is -1.87. The van der Waals surface area contributed by atoms with Gasteiger partial charge >= 0.3 is 0 Å². The lowest BCUT2D eigenvalue weighted by atomic mass is 10.1. The van der Waals surface area contributed by atoms with E-state index in [-0.39, 0.29) is 6.04 Å². The average molecular weight is 170 g/mol. The molecule has 0 bridgehead atoms. The molecule has 13 heavy (non-hydrogen) atoms. The number of aromatic nitrogens is 1. The van der Waals surface area contributed by atoms with E-state index < -0.39 is 0 Å². The lowest BCUT2D eigenvalue weighted by Gasteiger charge is -2.00. The van der Waals surface area contributed by atoms with Gasteiger partial charge in [-0.3, -0.25) is 0 Å². The highest BCUT2D eigenvalue weighted by molar-refractivity contribution is 5.83. The molecule has 1 heterocycles. The Balaban J connectivity index is 2.69. The second-order valence-corrected chi connectivity index (χ2v) is 3.09. The number of nitrogens with one attached hydrogen (secondary N) is 1. The summed E-state index contributed by atoms with van der Waals surface area (Å²) in [5, 5.41) is 1.17. The minimum Gasteiger partial charge on any atom is -0.361 e. The largest absolute Gasteiger partial charge is 0.361 e. The van der Waals surface area contributed by atoms with Crippen LogP contribution >= 0.6 is 0 Å². The first-order valence-corrected chi connectivity index (χ1v) is 4.25. The molecule has 1 N–H and O–H groups in total. The maximum atomic E-state index is 6.99. The van der Waals surface area contributed by atoms with Gasteiger partial charge < -0.3 is 9.83 Å². The highest BCUT2D eigenvalue weighted by Gasteiger charge is 2.12. The molecular formula is C11H10N2. The molecule has 0 radical (unpaired) electrons. The number of rotatable bonds is 1. The van der Waals surface area contributed by atoms with Crippen LogP contribution in [0.2, 0.25) is 0 Å². The minimum atomic E-state index is -0.0673. The molecule has 1 unspecified atom stereocenters.